The van der Waals surface area contributed by atoms with Crippen LogP contribution in [0, 0.1) is 0 Å². The van der Waals surface area contributed by atoms with Gasteiger partial charge < -0.3 is 16.2 Å². The van der Waals surface area contributed by atoms with E-state index >= 15 is 0 Å². The van der Waals surface area contributed by atoms with Crippen molar-refractivity contribution in [3.05, 3.63) is 11.8 Å². The number of imide groups is 1. The van der Waals surface area contributed by atoms with Gasteiger partial charge in [-0.3, -0.25) is 10.1 Å². The number of urea groups is 1. The van der Waals surface area contributed by atoms with E-state index in [0.717, 1.165) is 11.8 Å². The van der Waals surface area contributed by atoms with Crippen LogP contribution in [-0.4, -0.2) is 39.7 Å². The highest BCUT2D eigenvalue weighted by Crippen LogP contribution is 2.21. The molecule has 0 aliphatic heterocycles. The number of primary amides is 1. The molecule has 0 saturated carbocycles. The van der Waals surface area contributed by atoms with Crippen molar-refractivity contribution in [3.8, 4) is 0 Å². The van der Waals surface area contributed by atoms with Crippen LogP contribution in [0.3, 0.4) is 0 Å². The molecule has 3 amide bonds. The van der Waals surface area contributed by atoms with Crippen molar-refractivity contribution in [2.24, 2.45) is 5.73 Å². The largest absolute Gasteiger partial charge is 0.462 e. The van der Waals surface area contributed by atoms with E-state index in [1.54, 1.807) is 13.8 Å². The fourth-order valence-electron chi connectivity index (χ4n) is 1.24. The Morgan fingerprint density at radius 3 is 2.67 bits per heavy atom. The molecule has 0 saturated heterocycles. The molecule has 0 aliphatic carbocycles. The van der Waals surface area contributed by atoms with Gasteiger partial charge in [0, 0.05) is 6.20 Å². The van der Waals surface area contributed by atoms with Gasteiger partial charge in [0.25, 0.3) is 0 Å². The lowest BCUT2D eigenvalue weighted by Crippen LogP contribution is -2.39. The predicted octanol–water partition coefficient (Wildman–Crippen LogP) is -0.0890. The number of nitrogens with one attached hydrogen (secondary N) is 1. The molecule has 1 aromatic heterocycles. The van der Waals surface area contributed by atoms with E-state index in [0.29, 0.717) is 0 Å². The first-order chi connectivity index (χ1) is 9.85. The van der Waals surface area contributed by atoms with Crippen LogP contribution in [-0.2, 0) is 9.53 Å². The molecule has 1 unspecified atom stereocenters. The van der Waals surface area contributed by atoms with Gasteiger partial charge in [0.15, 0.2) is 5.16 Å². The van der Waals surface area contributed by atoms with Gasteiger partial charge >= 0.3 is 12.0 Å². The van der Waals surface area contributed by atoms with E-state index in [-0.39, 0.29) is 23.1 Å². The van der Waals surface area contributed by atoms with Crippen LogP contribution in [0.25, 0.3) is 0 Å². The Hall–Kier alpha value is -2.36. The van der Waals surface area contributed by atoms with Crippen molar-refractivity contribution in [2.45, 2.75) is 24.3 Å². The van der Waals surface area contributed by atoms with E-state index in [2.05, 4.69) is 9.97 Å². The van der Waals surface area contributed by atoms with Crippen LogP contribution in [0.2, 0.25) is 0 Å². The Morgan fingerprint density at radius 1 is 1.48 bits per heavy atom. The number of carbonyl (C=O) groups excluding carboxylic acids is 3. The number of nitrogens with zero attached hydrogens (tertiary/aromatic N) is 2. The number of rotatable bonds is 5. The van der Waals surface area contributed by atoms with Crippen LogP contribution < -0.4 is 16.8 Å². The van der Waals surface area contributed by atoms with E-state index in [4.69, 9.17) is 16.2 Å². The molecule has 0 bridgehead atoms. The van der Waals surface area contributed by atoms with Crippen LogP contribution in [0.15, 0.2) is 11.4 Å². The Bertz CT molecular complexity index is 566. The highest BCUT2D eigenvalue weighted by atomic mass is 32.2. The fourth-order valence-corrected chi connectivity index (χ4v) is 1.98. The Balaban J connectivity index is 2.78. The van der Waals surface area contributed by atoms with Gasteiger partial charge in [-0.15, -0.1) is 0 Å². The average molecular weight is 313 g/mol. The van der Waals surface area contributed by atoms with Gasteiger partial charge in [0.05, 0.1) is 11.9 Å². The lowest BCUT2D eigenvalue weighted by atomic mass is 10.3. The van der Waals surface area contributed by atoms with Crippen molar-refractivity contribution in [3.63, 3.8) is 0 Å². The number of ether oxygens (including phenoxy) is 1. The molecule has 1 heterocycles. The summed E-state index contributed by atoms with van der Waals surface area (Å²) < 4.78 is 4.79. The zero-order valence-corrected chi connectivity index (χ0v) is 12.3. The van der Waals surface area contributed by atoms with Crippen LogP contribution in [0.5, 0.6) is 0 Å². The summed E-state index contributed by atoms with van der Waals surface area (Å²) in [4.78, 5) is 41.4. The Morgan fingerprint density at radius 2 is 2.14 bits per heavy atom. The van der Waals surface area contributed by atoms with Gasteiger partial charge in [-0.2, -0.15) is 0 Å². The molecule has 9 nitrogen and oxygen atoms in total. The summed E-state index contributed by atoms with van der Waals surface area (Å²) in [7, 11) is 0. The van der Waals surface area contributed by atoms with Gasteiger partial charge in [0.2, 0.25) is 5.91 Å². The van der Waals surface area contributed by atoms with Gasteiger partial charge in [0.1, 0.15) is 11.4 Å². The number of carbonyl (C=O) groups is 3. The van der Waals surface area contributed by atoms with Gasteiger partial charge in [-0.05, 0) is 13.8 Å². The monoisotopic (exact) mass is 313 g/mol. The van der Waals surface area contributed by atoms with E-state index in [1.165, 1.54) is 6.20 Å². The smallest absolute Gasteiger partial charge is 0.343 e. The summed E-state index contributed by atoms with van der Waals surface area (Å²) in [6, 6.07) is -0.939. The molecule has 1 aromatic rings. The number of nitrogen functional groups attached to an aromatic ring is 1. The minimum absolute atomic E-state index is 0.0477. The van der Waals surface area contributed by atoms with E-state index in [9.17, 15) is 14.4 Å². The first-order valence-corrected chi connectivity index (χ1v) is 6.79. The number of amides is 3. The van der Waals surface area contributed by atoms with Crippen molar-refractivity contribution in [2.75, 3.05) is 12.3 Å². The number of thioether (sulfide) groups is 1. The molecule has 0 radical (unpaired) electrons. The first kappa shape index (κ1) is 16.7. The molecular formula is C11H15N5O4S. The molecule has 0 aliphatic rings. The van der Waals surface area contributed by atoms with Crippen LogP contribution in [0.1, 0.15) is 24.2 Å². The molecule has 1 atom stereocenters. The molecule has 10 heteroatoms. The SMILES string of the molecule is CCOC(=O)c1cnc(SC(C)C(=O)NC(N)=O)nc1N. The molecular weight excluding hydrogens is 298 g/mol. The second kappa shape index (κ2) is 7.43. The summed E-state index contributed by atoms with van der Waals surface area (Å²) in [6.07, 6.45) is 1.22. The zero-order chi connectivity index (χ0) is 16.0. The second-order valence-electron chi connectivity index (χ2n) is 3.79. The van der Waals surface area contributed by atoms with E-state index in [1.807, 2.05) is 5.32 Å². The normalized spacial score (nSPS) is 11.5. The first-order valence-electron chi connectivity index (χ1n) is 5.91. The fraction of sp³-hybridized carbons (Fsp3) is 0.364. The summed E-state index contributed by atoms with van der Waals surface area (Å²) in [5.41, 5.74) is 10.5. The molecule has 1 rings (SSSR count). The highest BCUT2D eigenvalue weighted by molar-refractivity contribution is 8.00. The average Bonchev–Trinajstić information content (AvgIpc) is 2.38. The van der Waals surface area contributed by atoms with Crippen LogP contribution >= 0.6 is 11.8 Å². The number of hydrogen-bond donors (Lipinski definition) is 3. The summed E-state index contributed by atoms with van der Waals surface area (Å²) in [5, 5.41) is 1.47. The van der Waals surface area contributed by atoms with Crippen LogP contribution in [0.4, 0.5) is 10.6 Å². The third-order valence-corrected chi connectivity index (χ3v) is 3.16. The number of nitrogens with two attached hydrogens (primary N) is 2. The van der Waals surface area contributed by atoms with Crippen molar-refractivity contribution in [1.29, 1.82) is 0 Å². The minimum Gasteiger partial charge on any atom is -0.462 e. The van der Waals surface area contributed by atoms with Crippen molar-refractivity contribution < 1.29 is 19.1 Å². The molecule has 0 fully saturated rings. The number of esters is 1. The summed E-state index contributed by atoms with van der Waals surface area (Å²) in [6.45, 7) is 3.42. The zero-order valence-electron chi connectivity index (χ0n) is 11.5. The topological polar surface area (TPSA) is 150 Å². The molecule has 5 N–H and O–H groups in total. The maximum absolute atomic E-state index is 11.5. The summed E-state index contributed by atoms with van der Waals surface area (Å²) in [5.74, 6) is -1.25. The van der Waals surface area contributed by atoms with Gasteiger partial charge in [-0.1, -0.05) is 11.8 Å². The molecule has 21 heavy (non-hydrogen) atoms. The molecule has 0 aromatic carbocycles. The Kier molecular flexibility index (Phi) is 5.91. The lowest BCUT2D eigenvalue weighted by Gasteiger charge is -2.10. The van der Waals surface area contributed by atoms with Crippen molar-refractivity contribution in [1.82, 2.24) is 15.3 Å². The Labute approximate surface area is 124 Å². The quantitative estimate of drug-likeness (QED) is 0.387. The maximum atomic E-state index is 11.5. The standard InChI is InChI=1S/C11H15N5O4S/c1-3-20-9(18)6-4-14-11(15-7(6)12)21-5(2)8(17)16-10(13)19/h4-5H,3H2,1-2H3,(H2,12,14,15)(H3,13,16,17,19). The van der Waals surface area contributed by atoms with E-state index < -0.39 is 23.2 Å². The lowest BCUT2D eigenvalue weighted by molar-refractivity contribution is -0.119. The number of anilines is 1. The molecule has 0 spiro atoms. The van der Waals surface area contributed by atoms with Crippen molar-refractivity contribution >= 4 is 35.5 Å². The number of hydrogen-bond acceptors (Lipinski definition) is 8. The second-order valence-corrected chi connectivity index (χ2v) is 5.09. The molecule has 114 valence electrons. The van der Waals surface area contributed by atoms with Gasteiger partial charge in [-0.25, -0.2) is 19.6 Å². The summed E-state index contributed by atoms with van der Waals surface area (Å²) >= 11 is 0.967. The minimum atomic E-state index is -0.939. The maximum Gasteiger partial charge on any atom is 0.343 e. The number of aromatic nitrogens is 2. The third kappa shape index (κ3) is 4.91. The predicted molar refractivity (Wildman–Crippen MR) is 75.4 cm³/mol. The third-order valence-electron chi connectivity index (χ3n) is 2.19. The highest BCUT2D eigenvalue weighted by Gasteiger charge is 2.19.